The largest absolute Gasteiger partial charge is 0.489 e. The third-order valence-electron chi connectivity index (χ3n) is 5.49. The van der Waals surface area contributed by atoms with Gasteiger partial charge in [0.25, 0.3) is 0 Å². The van der Waals surface area contributed by atoms with Gasteiger partial charge in [0, 0.05) is 47.0 Å². The first-order valence-electron chi connectivity index (χ1n) is 11.1. The summed E-state index contributed by atoms with van der Waals surface area (Å²) in [6.07, 6.45) is 3.33. The number of piperidine rings is 1. The number of benzene rings is 2. The monoisotopic (exact) mass is 425 g/mol. The van der Waals surface area contributed by atoms with Gasteiger partial charge in [0.2, 0.25) is 0 Å². The smallest absolute Gasteiger partial charge is 0.193 e. The summed E-state index contributed by atoms with van der Waals surface area (Å²) in [5.41, 5.74) is 2.40. The number of hydrogen-bond donors (Lipinski definition) is 1. The average Bonchev–Trinajstić information content (AvgIpc) is 2.83. The van der Waals surface area contributed by atoms with Crippen LogP contribution in [-0.2, 0) is 22.6 Å². The molecule has 0 spiro atoms. The number of hydrogen-bond acceptors (Lipinski definition) is 4. The van der Waals surface area contributed by atoms with Gasteiger partial charge in [-0.3, -0.25) is 4.99 Å². The maximum absolute atomic E-state index is 5.97. The molecule has 6 heteroatoms. The topological polar surface area (TPSA) is 55.3 Å². The van der Waals surface area contributed by atoms with Crippen molar-refractivity contribution in [3.05, 3.63) is 65.7 Å². The van der Waals surface area contributed by atoms with E-state index >= 15 is 0 Å². The van der Waals surface area contributed by atoms with Crippen LogP contribution in [0.25, 0.3) is 0 Å². The van der Waals surface area contributed by atoms with E-state index in [9.17, 15) is 0 Å². The maximum Gasteiger partial charge on any atom is 0.193 e. The lowest BCUT2D eigenvalue weighted by atomic mass is 10.1. The van der Waals surface area contributed by atoms with Crippen molar-refractivity contribution >= 4 is 5.96 Å². The molecule has 1 aliphatic rings. The summed E-state index contributed by atoms with van der Waals surface area (Å²) >= 11 is 0. The normalized spacial score (nSPS) is 15.2. The van der Waals surface area contributed by atoms with Gasteiger partial charge < -0.3 is 24.4 Å². The quantitative estimate of drug-likeness (QED) is 0.356. The molecule has 0 unspecified atom stereocenters. The Morgan fingerprint density at radius 3 is 2.42 bits per heavy atom. The molecule has 3 rings (SSSR count). The maximum atomic E-state index is 5.97. The van der Waals surface area contributed by atoms with Gasteiger partial charge in [-0.25, -0.2) is 0 Å². The van der Waals surface area contributed by atoms with Crippen molar-refractivity contribution in [2.75, 3.05) is 40.5 Å². The highest BCUT2D eigenvalue weighted by atomic mass is 16.5. The van der Waals surface area contributed by atoms with E-state index in [4.69, 9.17) is 14.2 Å². The fourth-order valence-corrected chi connectivity index (χ4v) is 3.74. The van der Waals surface area contributed by atoms with Gasteiger partial charge in [0.15, 0.2) is 5.96 Å². The second-order valence-corrected chi connectivity index (χ2v) is 7.67. The Kier molecular flexibility index (Phi) is 9.67. The van der Waals surface area contributed by atoms with Crippen LogP contribution in [0.4, 0.5) is 0 Å². The van der Waals surface area contributed by atoms with Crippen LogP contribution < -0.4 is 10.1 Å². The fourth-order valence-electron chi connectivity index (χ4n) is 3.74. The number of guanidine groups is 1. The molecule has 0 atom stereocenters. The molecule has 0 radical (unpaired) electrons. The molecule has 0 saturated carbocycles. The minimum atomic E-state index is 0.335. The van der Waals surface area contributed by atoms with Crippen LogP contribution in [0, 0.1) is 0 Å². The van der Waals surface area contributed by atoms with Crippen LogP contribution in [-0.4, -0.2) is 57.4 Å². The van der Waals surface area contributed by atoms with E-state index in [1.807, 2.05) is 37.4 Å². The average molecular weight is 426 g/mol. The van der Waals surface area contributed by atoms with Crippen molar-refractivity contribution in [1.29, 1.82) is 0 Å². The summed E-state index contributed by atoms with van der Waals surface area (Å²) in [5, 5.41) is 3.53. The van der Waals surface area contributed by atoms with Crippen molar-refractivity contribution in [3.8, 4) is 5.75 Å². The number of ether oxygens (including phenoxy) is 3. The molecular formula is C25H35N3O3. The van der Waals surface area contributed by atoms with Crippen molar-refractivity contribution < 1.29 is 14.2 Å². The molecule has 1 saturated heterocycles. The number of nitrogens with zero attached hydrogens (tertiary/aromatic N) is 2. The van der Waals surface area contributed by atoms with Crippen LogP contribution in [0.2, 0.25) is 0 Å². The minimum Gasteiger partial charge on any atom is -0.489 e. The molecule has 1 fully saturated rings. The minimum absolute atomic E-state index is 0.335. The number of nitrogens with one attached hydrogen (secondary N) is 1. The first-order chi connectivity index (χ1) is 15.3. The number of para-hydroxylation sites is 1. The first-order valence-corrected chi connectivity index (χ1v) is 11.1. The highest BCUT2D eigenvalue weighted by Crippen LogP contribution is 2.16. The molecule has 0 bridgehead atoms. The second-order valence-electron chi connectivity index (χ2n) is 7.67. The van der Waals surface area contributed by atoms with Gasteiger partial charge >= 0.3 is 0 Å². The van der Waals surface area contributed by atoms with Crippen molar-refractivity contribution in [3.63, 3.8) is 0 Å². The number of aliphatic imine (C=N–C) groups is 1. The molecule has 0 amide bonds. The lowest BCUT2D eigenvalue weighted by molar-refractivity contribution is 0.00989. The Hall–Kier alpha value is -2.57. The lowest BCUT2D eigenvalue weighted by Crippen LogP contribution is -2.46. The molecule has 0 aromatic heterocycles. The van der Waals surface area contributed by atoms with E-state index < -0.39 is 0 Å². The van der Waals surface area contributed by atoms with Crippen molar-refractivity contribution in [2.24, 2.45) is 4.99 Å². The molecule has 2 aromatic carbocycles. The zero-order chi connectivity index (χ0) is 21.7. The fraction of sp³-hybridized carbons (Fsp3) is 0.480. The molecule has 1 N–H and O–H groups in total. The molecule has 31 heavy (non-hydrogen) atoms. The highest BCUT2D eigenvalue weighted by Gasteiger charge is 2.21. The van der Waals surface area contributed by atoms with E-state index in [1.54, 1.807) is 7.11 Å². The summed E-state index contributed by atoms with van der Waals surface area (Å²) in [7, 11) is 3.58. The summed E-state index contributed by atoms with van der Waals surface area (Å²) in [6, 6.07) is 18.3. The van der Waals surface area contributed by atoms with Gasteiger partial charge in [-0.15, -0.1) is 0 Å². The number of rotatable bonds is 10. The molecular weight excluding hydrogens is 390 g/mol. The zero-order valence-electron chi connectivity index (χ0n) is 18.8. The Morgan fingerprint density at radius 2 is 1.71 bits per heavy atom. The second kappa shape index (κ2) is 13.0. The lowest BCUT2D eigenvalue weighted by Gasteiger charge is -2.34. The van der Waals surface area contributed by atoms with Crippen LogP contribution in [0.15, 0.2) is 59.6 Å². The Morgan fingerprint density at radius 1 is 1.00 bits per heavy atom. The molecule has 2 aromatic rings. The number of methoxy groups -OCH3 is 1. The van der Waals surface area contributed by atoms with Crippen molar-refractivity contribution in [2.45, 2.75) is 38.5 Å². The van der Waals surface area contributed by atoms with E-state index in [0.29, 0.717) is 19.3 Å². The van der Waals surface area contributed by atoms with Gasteiger partial charge in [-0.1, -0.05) is 42.5 Å². The summed E-state index contributed by atoms with van der Waals surface area (Å²) in [6.45, 7) is 4.70. The Balaban J connectivity index is 1.47. The van der Waals surface area contributed by atoms with Gasteiger partial charge in [-0.05, 0) is 42.5 Å². The predicted octanol–water partition coefficient (Wildman–Crippen LogP) is 3.86. The molecule has 0 aliphatic carbocycles. The van der Waals surface area contributed by atoms with Gasteiger partial charge in [-0.2, -0.15) is 0 Å². The highest BCUT2D eigenvalue weighted by molar-refractivity contribution is 5.80. The summed E-state index contributed by atoms with van der Waals surface area (Å²) in [5.74, 6) is 1.82. The van der Waals surface area contributed by atoms with E-state index in [2.05, 4.69) is 39.5 Å². The first kappa shape index (κ1) is 23.1. The summed E-state index contributed by atoms with van der Waals surface area (Å²) in [4.78, 5) is 6.82. The predicted molar refractivity (Wildman–Crippen MR) is 124 cm³/mol. The Bertz CT molecular complexity index is 790. The standard InChI is InChI=1S/C25H35N3O3/c1-26-25(28-15-13-24(14-16-28)30-18-8-17-29-2)27-19-21-9-6-7-10-22(21)20-31-23-11-4-3-5-12-23/h3-7,9-12,24H,8,13-20H2,1-2H3,(H,26,27). The van der Waals surface area contributed by atoms with Crippen molar-refractivity contribution in [1.82, 2.24) is 10.2 Å². The van der Waals surface area contributed by atoms with Crippen LogP contribution in [0.1, 0.15) is 30.4 Å². The SMILES string of the molecule is CN=C(NCc1ccccc1COc1ccccc1)N1CCC(OCCCOC)CC1. The molecule has 1 aliphatic heterocycles. The molecule has 1 heterocycles. The third-order valence-corrected chi connectivity index (χ3v) is 5.49. The molecule has 6 nitrogen and oxygen atoms in total. The molecule has 168 valence electrons. The summed E-state index contributed by atoms with van der Waals surface area (Å²) < 4.78 is 17.0. The van der Waals surface area contributed by atoms with Gasteiger partial charge in [0.1, 0.15) is 12.4 Å². The number of likely N-dealkylation sites (tertiary alicyclic amines) is 1. The van der Waals surface area contributed by atoms with E-state index in [1.165, 1.54) is 11.1 Å². The van der Waals surface area contributed by atoms with E-state index in [-0.39, 0.29) is 0 Å². The van der Waals surface area contributed by atoms with Crippen LogP contribution in [0.3, 0.4) is 0 Å². The third kappa shape index (κ3) is 7.56. The van der Waals surface area contributed by atoms with Crippen LogP contribution >= 0.6 is 0 Å². The van der Waals surface area contributed by atoms with E-state index in [0.717, 1.165) is 57.3 Å². The van der Waals surface area contributed by atoms with Crippen LogP contribution in [0.5, 0.6) is 5.75 Å². The van der Waals surface area contributed by atoms with Gasteiger partial charge in [0.05, 0.1) is 6.10 Å². The zero-order valence-corrected chi connectivity index (χ0v) is 18.8. The Labute approximate surface area is 186 Å².